The van der Waals surface area contributed by atoms with Gasteiger partial charge in [0.25, 0.3) is 0 Å². The van der Waals surface area contributed by atoms with Crippen LogP contribution in [0.5, 0.6) is 0 Å². The van der Waals surface area contributed by atoms with Gasteiger partial charge in [0, 0.05) is 17.3 Å². The molecule has 0 aliphatic carbocycles. The summed E-state index contributed by atoms with van der Waals surface area (Å²) in [6, 6.07) is 12.7. The molecule has 6 heteroatoms. The van der Waals surface area contributed by atoms with Gasteiger partial charge in [0.05, 0.1) is 5.56 Å². The maximum atomic E-state index is 12.4. The van der Waals surface area contributed by atoms with Crippen LogP contribution in [0.4, 0.5) is 18.9 Å². The molecule has 0 fully saturated rings. The van der Waals surface area contributed by atoms with E-state index in [2.05, 4.69) is 5.32 Å². The molecule has 22 heavy (non-hydrogen) atoms. The molecule has 1 N–H and O–H groups in total. The third-order valence-electron chi connectivity index (χ3n) is 3.10. The zero-order valence-corrected chi connectivity index (χ0v) is 13.2. The molecule has 0 aliphatic heterocycles. The molecule has 2 rings (SSSR count). The quantitative estimate of drug-likeness (QED) is 0.670. The molecular formula is C16H16Cl2F3N. The van der Waals surface area contributed by atoms with E-state index in [0.717, 1.165) is 42.8 Å². The maximum Gasteiger partial charge on any atom is 0.416 e. The van der Waals surface area contributed by atoms with Crippen molar-refractivity contribution in [3.8, 4) is 0 Å². The largest absolute Gasteiger partial charge is 0.416 e. The zero-order chi connectivity index (χ0) is 15.3. The van der Waals surface area contributed by atoms with Crippen molar-refractivity contribution in [2.75, 3.05) is 11.9 Å². The van der Waals surface area contributed by atoms with Crippen molar-refractivity contribution < 1.29 is 13.2 Å². The molecule has 0 unspecified atom stereocenters. The number of hydrogen-bond acceptors (Lipinski definition) is 1. The van der Waals surface area contributed by atoms with Gasteiger partial charge in [-0.25, -0.2) is 0 Å². The highest BCUT2D eigenvalue weighted by Crippen LogP contribution is 2.29. The van der Waals surface area contributed by atoms with E-state index in [-0.39, 0.29) is 12.4 Å². The maximum absolute atomic E-state index is 12.4. The highest BCUT2D eigenvalue weighted by Gasteiger charge is 2.29. The summed E-state index contributed by atoms with van der Waals surface area (Å²) in [5, 5.41) is 3.92. The molecule has 120 valence electrons. The number of hydrogen-bond donors (Lipinski definition) is 1. The van der Waals surface area contributed by atoms with Crippen LogP contribution < -0.4 is 5.32 Å². The molecule has 0 radical (unpaired) electrons. The SMILES string of the molecule is Cl.FC(F)(F)c1ccc(CCCNc2ccc(Cl)cc2)cc1. The molecule has 0 aliphatic rings. The Morgan fingerprint density at radius 1 is 0.909 bits per heavy atom. The van der Waals surface area contributed by atoms with Crippen LogP contribution >= 0.6 is 24.0 Å². The van der Waals surface area contributed by atoms with Gasteiger partial charge < -0.3 is 5.32 Å². The molecule has 0 spiro atoms. The normalized spacial score (nSPS) is 10.9. The number of nitrogens with one attached hydrogen (secondary N) is 1. The van der Waals surface area contributed by atoms with E-state index in [1.54, 1.807) is 12.1 Å². The minimum Gasteiger partial charge on any atom is -0.385 e. The fourth-order valence-corrected chi connectivity index (χ4v) is 2.08. The van der Waals surface area contributed by atoms with Crippen molar-refractivity contribution in [2.24, 2.45) is 0 Å². The molecular weight excluding hydrogens is 334 g/mol. The third-order valence-corrected chi connectivity index (χ3v) is 3.35. The van der Waals surface area contributed by atoms with Crippen LogP contribution in [0, 0.1) is 0 Å². The molecule has 0 atom stereocenters. The highest BCUT2D eigenvalue weighted by atomic mass is 35.5. The minimum atomic E-state index is -4.27. The predicted octanol–water partition coefficient (Wildman–Crippen LogP) is 5.83. The van der Waals surface area contributed by atoms with E-state index >= 15 is 0 Å². The second kappa shape index (κ2) is 8.30. The molecule has 0 aromatic heterocycles. The van der Waals surface area contributed by atoms with Gasteiger partial charge in [-0.1, -0.05) is 23.7 Å². The fourth-order valence-electron chi connectivity index (χ4n) is 1.95. The number of halogens is 5. The second-order valence-corrected chi connectivity index (χ2v) is 5.17. The summed E-state index contributed by atoms with van der Waals surface area (Å²) in [5.41, 5.74) is 1.28. The summed E-state index contributed by atoms with van der Waals surface area (Å²) in [7, 11) is 0. The molecule has 2 aromatic carbocycles. The first-order chi connectivity index (χ1) is 9.95. The Morgan fingerprint density at radius 3 is 2.05 bits per heavy atom. The van der Waals surface area contributed by atoms with Crippen LogP contribution in [0.25, 0.3) is 0 Å². The van der Waals surface area contributed by atoms with Gasteiger partial charge in [-0.15, -0.1) is 12.4 Å². The topological polar surface area (TPSA) is 12.0 Å². The van der Waals surface area contributed by atoms with E-state index in [9.17, 15) is 13.2 Å². The Hall–Kier alpha value is -1.39. The van der Waals surface area contributed by atoms with E-state index in [1.807, 2.05) is 12.1 Å². The van der Waals surface area contributed by atoms with E-state index < -0.39 is 11.7 Å². The predicted molar refractivity (Wildman–Crippen MR) is 87.0 cm³/mol. The van der Waals surface area contributed by atoms with E-state index in [4.69, 9.17) is 11.6 Å². The average molecular weight is 350 g/mol. The number of anilines is 1. The standard InChI is InChI=1S/C16H15ClF3N.ClH/c17-14-7-9-15(10-8-14)21-11-1-2-12-3-5-13(6-4-12)16(18,19)20;/h3-10,21H,1-2,11H2;1H. The van der Waals surface area contributed by atoms with Gasteiger partial charge >= 0.3 is 6.18 Å². The van der Waals surface area contributed by atoms with Gasteiger partial charge in [0.1, 0.15) is 0 Å². The Kier molecular flexibility index (Phi) is 7.04. The van der Waals surface area contributed by atoms with Crippen LogP contribution in [-0.2, 0) is 12.6 Å². The highest BCUT2D eigenvalue weighted by molar-refractivity contribution is 6.30. The summed E-state index contributed by atoms with van der Waals surface area (Å²) in [6.07, 6.45) is -2.69. The first-order valence-electron chi connectivity index (χ1n) is 6.61. The first-order valence-corrected chi connectivity index (χ1v) is 6.98. The van der Waals surface area contributed by atoms with Crippen molar-refractivity contribution in [2.45, 2.75) is 19.0 Å². The molecule has 1 nitrogen and oxygen atoms in total. The van der Waals surface area contributed by atoms with Gasteiger partial charge in [0.2, 0.25) is 0 Å². The fraction of sp³-hybridized carbons (Fsp3) is 0.250. The second-order valence-electron chi connectivity index (χ2n) is 4.73. The van der Waals surface area contributed by atoms with Crippen molar-refractivity contribution in [1.29, 1.82) is 0 Å². The zero-order valence-electron chi connectivity index (χ0n) is 11.7. The number of aryl methyl sites for hydroxylation is 1. The summed E-state index contributed by atoms with van der Waals surface area (Å²) in [5.74, 6) is 0. The van der Waals surface area contributed by atoms with Crippen molar-refractivity contribution >= 4 is 29.7 Å². The Morgan fingerprint density at radius 2 is 1.50 bits per heavy atom. The van der Waals surface area contributed by atoms with E-state index in [1.165, 1.54) is 12.1 Å². The van der Waals surface area contributed by atoms with Crippen LogP contribution in [-0.4, -0.2) is 6.54 Å². The summed E-state index contributed by atoms with van der Waals surface area (Å²) in [4.78, 5) is 0. The molecule has 0 saturated carbocycles. The molecule has 2 aromatic rings. The summed E-state index contributed by atoms with van der Waals surface area (Å²) in [6.45, 7) is 0.753. The molecule has 0 heterocycles. The molecule has 0 bridgehead atoms. The van der Waals surface area contributed by atoms with Gasteiger partial charge in [0.15, 0.2) is 0 Å². The van der Waals surface area contributed by atoms with Crippen molar-refractivity contribution in [3.05, 3.63) is 64.7 Å². The van der Waals surface area contributed by atoms with Crippen molar-refractivity contribution in [3.63, 3.8) is 0 Å². The Bertz CT molecular complexity index is 565. The third kappa shape index (κ3) is 5.78. The number of rotatable bonds is 5. The lowest BCUT2D eigenvalue weighted by Gasteiger charge is -2.08. The smallest absolute Gasteiger partial charge is 0.385 e. The van der Waals surface area contributed by atoms with Crippen molar-refractivity contribution in [1.82, 2.24) is 0 Å². The monoisotopic (exact) mass is 349 g/mol. The van der Waals surface area contributed by atoms with Gasteiger partial charge in [-0.3, -0.25) is 0 Å². The summed E-state index contributed by atoms with van der Waals surface area (Å²) < 4.78 is 37.3. The molecule has 0 amide bonds. The summed E-state index contributed by atoms with van der Waals surface area (Å²) >= 11 is 5.79. The average Bonchev–Trinajstić information content (AvgIpc) is 2.45. The van der Waals surface area contributed by atoms with E-state index in [0.29, 0.717) is 5.02 Å². The lowest BCUT2D eigenvalue weighted by molar-refractivity contribution is -0.137. The van der Waals surface area contributed by atoms with Crippen LogP contribution in [0.2, 0.25) is 5.02 Å². The number of benzene rings is 2. The lowest BCUT2D eigenvalue weighted by atomic mass is 10.1. The van der Waals surface area contributed by atoms with Crippen LogP contribution in [0.3, 0.4) is 0 Å². The number of alkyl halides is 3. The van der Waals surface area contributed by atoms with Crippen LogP contribution in [0.15, 0.2) is 48.5 Å². The van der Waals surface area contributed by atoms with Gasteiger partial charge in [-0.05, 0) is 54.8 Å². The van der Waals surface area contributed by atoms with Gasteiger partial charge in [-0.2, -0.15) is 13.2 Å². The van der Waals surface area contributed by atoms with Crippen LogP contribution in [0.1, 0.15) is 17.5 Å². The lowest BCUT2D eigenvalue weighted by Crippen LogP contribution is -2.05. The first kappa shape index (κ1) is 18.7. The Balaban J connectivity index is 0.00000242. The Labute approximate surface area is 138 Å². The minimum absolute atomic E-state index is 0. The molecule has 0 saturated heterocycles.